The number of nitrogens with zero attached hydrogens (tertiary/aromatic N) is 4. The summed E-state index contributed by atoms with van der Waals surface area (Å²) in [7, 11) is 0. The second-order valence-corrected chi connectivity index (χ2v) is 13.3. The Bertz CT molecular complexity index is 2910. The van der Waals surface area contributed by atoms with Crippen LogP contribution in [-0.2, 0) is 0 Å². The van der Waals surface area contributed by atoms with Crippen LogP contribution in [0.2, 0.25) is 0 Å². The topological polar surface area (TPSA) is 43.6 Å². The highest BCUT2D eigenvalue weighted by Gasteiger charge is 2.19. The molecular formula is C49H32N4. The minimum absolute atomic E-state index is 0.624. The lowest BCUT2D eigenvalue weighted by molar-refractivity contribution is 1.07. The van der Waals surface area contributed by atoms with Crippen LogP contribution in [0.25, 0.3) is 94.7 Å². The lowest BCUT2D eigenvalue weighted by atomic mass is 9.98. The molecule has 0 unspecified atom stereocenters. The molecule has 4 heteroatoms. The van der Waals surface area contributed by atoms with Gasteiger partial charge in [-0.2, -0.15) is 0 Å². The third kappa shape index (κ3) is 5.54. The Kier molecular flexibility index (Phi) is 7.43. The van der Waals surface area contributed by atoms with Crippen molar-refractivity contribution in [2.75, 3.05) is 0 Å². The summed E-state index contributed by atoms with van der Waals surface area (Å²) in [5.74, 6) is 1.90. The maximum atomic E-state index is 5.11. The van der Waals surface area contributed by atoms with Crippen LogP contribution in [0.3, 0.4) is 0 Å². The van der Waals surface area contributed by atoms with Crippen LogP contribution in [0.15, 0.2) is 194 Å². The molecule has 0 bridgehead atoms. The molecule has 0 N–H and O–H groups in total. The van der Waals surface area contributed by atoms with E-state index < -0.39 is 0 Å². The van der Waals surface area contributed by atoms with Crippen molar-refractivity contribution in [1.29, 1.82) is 0 Å². The van der Waals surface area contributed by atoms with Gasteiger partial charge in [0.1, 0.15) is 0 Å². The first kappa shape index (κ1) is 30.6. The van der Waals surface area contributed by atoms with Gasteiger partial charge in [0.15, 0.2) is 17.5 Å². The highest BCUT2D eigenvalue weighted by Crippen LogP contribution is 2.40. The molecule has 0 saturated carbocycles. The van der Waals surface area contributed by atoms with Gasteiger partial charge in [0, 0.05) is 33.2 Å². The largest absolute Gasteiger partial charge is 0.309 e. The fourth-order valence-electron chi connectivity index (χ4n) is 7.47. The fraction of sp³-hybridized carbons (Fsp3) is 0. The fourth-order valence-corrected chi connectivity index (χ4v) is 7.47. The lowest BCUT2D eigenvalue weighted by Crippen LogP contribution is -2.01. The molecule has 10 rings (SSSR count). The summed E-state index contributed by atoms with van der Waals surface area (Å²) < 4.78 is 2.38. The van der Waals surface area contributed by atoms with E-state index in [1.165, 1.54) is 38.2 Å². The zero-order valence-corrected chi connectivity index (χ0v) is 28.8. The summed E-state index contributed by atoms with van der Waals surface area (Å²) in [6.07, 6.45) is 0. The number of benzene rings is 8. The van der Waals surface area contributed by atoms with Crippen LogP contribution in [0.5, 0.6) is 0 Å². The first-order valence-electron chi connectivity index (χ1n) is 17.9. The summed E-state index contributed by atoms with van der Waals surface area (Å²) >= 11 is 0. The predicted octanol–water partition coefficient (Wildman–Crippen LogP) is 12.5. The minimum Gasteiger partial charge on any atom is -0.309 e. The summed E-state index contributed by atoms with van der Waals surface area (Å²) in [6.45, 7) is 0. The first-order valence-corrected chi connectivity index (χ1v) is 17.9. The molecular weight excluding hydrogens is 645 g/mol. The average molecular weight is 677 g/mol. The van der Waals surface area contributed by atoms with E-state index in [1.54, 1.807) is 0 Å². The molecule has 0 aliphatic heterocycles. The van der Waals surface area contributed by atoms with E-state index in [2.05, 4.69) is 162 Å². The molecule has 248 valence electrons. The van der Waals surface area contributed by atoms with Gasteiger partial charge >= 0.3 is 0 Å². The molecule has 0 aliphatic rings. The number of hydrogen-bond donors (Lipinski definition) is 0. The zero-order chi connectivity index (χ0) is 35.1. The van der Waals surface area contributed by atoms with Crippen molar-refractivity contribution < 1.29 is 0 Å². The molecule has 0 saturated heterocycles. The van der Waals surface area contributed by atoms with E-state index >= 15 is 0 Å². The molecule has 0 aliphatic carbocycles. The van der Waals surface area contributed by atoms with E-state index in [1.807, 2.05) is 36.4 Å². The molecule has 0 atom stereocenters. The average Bonchev–Trinajstić information content (AvgIpc) is 3.57. The summed E-state index contributed by atoms with van der Waals surface area (Å²) in [5.41, 5.74) is 10.9. The summed E-state index contributed by atoms with van der Waals surface area (Å²) in [4.78, 5) is 15.2. The molecule has 0 radical (unpaired) electrons. The van der Waals surface area contributed by atoms with Crippen molar-refractivity contribution >= 4 is 32.6 Å². The Hall–Kier alpha value is -7.17. The molecule has 10 aromatic rings. The Morgan fingerprint density at radius 1 is 0.321 bits per heavy atom. The third-order valence-electron chi connectivity index (χ3n) is 10.0. The van der Waals surface area contributed by atoms with E-state index in [4.69, 9.17) is 15.0 Å². The Morgan fingerprint density at radius 2 is 0.811 bits per heavy atom. The monoisotopic (exact) mass is 676 g/mol. The Morgan fingerprint density at radius 3 is 1.49 bits per heavy atom. The number of rotatable bonds is 6. The SMILES string of the molecule is c1ccc(-c2ccc(-c3nc(-c4ccccc4)nc(-c4cccc(-n5c6cc7ccccc7cc6c6c(-c7ccccc7)cccc65)c4)n3)cc2)cc1. The van der Waals surface area contributed by atoms with Crippen LogP contribution in [0.1, 0.15) is 0 Å². The second kappa shape index (κ2) is 12.9. The molecule has 53 heavy (non-hydrogen) atoms. The van der Waals surface area contributed by atoms with Gasteiger partial charge in [-0.05, 0) is 63.4 Å². The molecule has 0 spiro atoms. The van der Waals surface area contributed by atoms with E-state index in [0.29, 0.717) is 17.5 Å². The van der Waals surface area contributed by atoms with E-state index in [9.17, 15) is 0 Å². The maximum Gasteiger partial charge on any atom is 0.164 e. The smallest absolute Gasteiger partial charge is 0.164 e. The van der Waals surface area contributed by atoms with Crippen LogP contribution < -0.4 is 0 Å². The van der Waals surface area contributed by atoms with Gasteiger partial charge in [-0.25, -0.2) is 15.0 Å². The van der Waals surface area contributed by atoms with Crippen LogP contribution >= 0.6 is 0 Å². The Labute approximate surface area is 307 Å². The van der Waals surface area contributed by atoms with Gasteiger partial charge in [-0.15, -0.1) is 0 Å². The van der Waals surface area contributed by atoms with Crippen molar-refractivity contribution in [3.8, 4) is 62.1 Å². The number of aromatic nitrogens is 4. The van der Waals surface area contributed by atoms with Crippen molar-refractivity contribution in [1.82, 2.24) is 19.5 Å². The van der Waals surface area contributed by atoms with Gasteiger partial charge in [0.05, 0.1) is 11.0 Å². The number of hydrogen-bond acceptors (Lipinski definition) is 3. The number of fused-ring (bicyclic) bond motifs is 4. The summed E-state index contributed by atoms with van der Waals surface area (Å²) in [5, 5.41) is 4.88. The molecule has 0 amide bonds. The predicted molar refractivity (Wildman–Crippen MR) is 219 cm³/mol. The van der Waals surface area contributed by atoms with Gasteiger partial charge in [-0.1, -0.05) is 164 Å². The Balaban J connectivity index is 1.16. The zero-order valence-electron chi connectivity index (χ0n) is 28.8. The minimum atomic E-state index is 0.624. The third-order valence-corrected chi connectivity index (χ3v) is 10.0. The van der Waals surface area contributed by atoms with Crippen molar-refractivity contribution in [2.45, 2.75) is 0 Å². The summed E-state index contributed by atoms with van der Waals surface area (Å²) in [6, 6.07) is 68.1. The van der Waals surface area contributed by atoms with Crippen molar-refractivity contribution in [3.63, 3.8) is 0 Å². The van der Waals surface area contributed by atoms with Gasteiger partial charge < -0.3 is 4.57 Å². The normalized spacial score (nSPS) is 11.4. The van der Waals surface area contributed by atoms with Gasteiger partial charge in [0.25, 0.3) is 0 Å². The van der Waals surface area contributed by atoms with Gasteiger partial charge in [-0.3, -0.25) is 0 Å². The highest BCUT2D eigenvalue weighted by atomic mass is 15.0. The van der Waals surface area contributed by atoms with Crippen LogP contribution in [0.4, 0.5) is 0 Å². The molecule has 8 aromatic carbocycles. The van der Waals surface area contributed by atoms with Gasteiger partial charge in [0.2, 0.25) is 0 Å². The lowest BCUT2D eigenvalue weighted by Gasteiger charge is -2.12. The first-order chi connectivity index (χ1) is 26.3. The van der Waals surface area contributed by atoms with Crippen molar-refractivity contribution in [3.05, 3.63) is 194 Å². The van der Waals surface area contributed by atoms with Crippen LogP contribution in [-0.4, -0.2) is 19.5 Å². The second-order valence-electron chi connectivity index (χ2n) is 13.3. The highest BCUT2D eigenvalue weighted by molar-refractivity contribution is 6.18. The molecule has 2 heterocycles. The maximum absolute atomic E-state index is 5.11. The molecule has 4 nitrogen and oxygen atoms in total. The van der Waals surface area contributed by atoms with Crippen LogP contribution in [0, 0.1) is 0 Å². The quantitative estimate of drug-likeness (QED) is 0.176. The van der Waals surface area contributed by atoms with E-state index in [0.717, 1.165) is 39.0 Å². The molecule has 2 aromatic heterocycles. The van der Waals surface area contributed by atoms with Crippen molar-refractivity contribution in [2.24, 2.45) is 0 Å². The standard InChI is InChI=1S/C49H32N4/c1-4-14-33(15-5-1)34-26-28-37(29-27-34)48-50-47(36-18-8-3-9-19-36)51-49(52-48)40-22-12-23-41(30-40)53-44-25-13-24-42(35-16-6-2-7-17-35)46(44)43-31-38-20-10-11-21-39(38)32-45(43)53/h1-32H. The molecule has 0 fully saturated rings. The van der Waals surface area contributed by atoms with E-state index in [-0.39, 0.29) is 0 Å².